The number of ether oxygens (including phenoxy) is 1. The van der Waals surface area contributed by atoms with Crippen LogP contribution in [0.4, 0.5) is 4.39 Å². The van der Waals surface area contributed by atoms with Crippen LogP contribution in [0, 0.1) is 5.82 Å². The predicted octanol–water partition coefficient (Wildman–Crippen LogP) is 0.685. The lowest BCUT2D eigenvalue weighted by Gasteiger charge is -2.48. The van der Waals surface area contributed by atoms with Crippen LogP contribution in [0.15, 0.2) is 18.2 Å². The molecule has 0 spiro atoms. The fourth-order valence-electron chi connectivity index (χ4n) is 3.02. The Morgan fingerprint density at radius 1 is 1.24 bits per heavy atom. The summed E-state index contributed by atoms with van der Waals surface area (Å²) in [7, 11) is 0. The smallest absolute Gasteiger partial charge is 0.126 e. The molecule has 1 aliphatic heterocycles. The van der Waals surface area contributed by atoms with Crippen molar-refractivity contribution in [2.75, 3.05) is 26.3 Å². The maximum Gasteiger partial charge on any atom is 0.126 e. The normalized spacial score (nSPS) is 23.8. The van der Waals surface area contributed by atoms with E-state index >= 15 is 0 Å². The molecule has 21 heavy (non-hydrogen) atoms. The maximum atomic E-state index is 13.4. The van der Waals surface area contributed by atoms with Gasteiger partial charge in [-0.1, -0.05) is 0 Å². The van der Waals surface area contributed by atoms with Crippen molar-refractivity contribution >= 4 is 0 Å². The van der Waals surface area contributed by atoms with E-state index in [1.54, 1.807) is 4.90 Å². The van der Waals surface area contributed by atoms with Gasteiger partial charge in [0.2, 0.25) is 0 Å². The van der Waals surface area contributed by atoms with Gasteiger partial charge in [0.1, 0.15) is 23.3 Å². The number of benzene rings is 1. The van der Waals surface area contributed by atoms with E-state index in [9.17, 15) is 19.7 Å². The molecule has 2 rings (SSSR count). The molecular formula is C15H22FNO4. The van der Waals surface area contributed by atoms with Gasteiger partial charge in [-0.2, -0.15) is 0 Å². The zero-order chi connectivity index (χ0) is 15.6. The third-order valence-electron chi connectivity index (χ3n) is 3.84. The van der Waals surface area contributed by atoms with Crippen LogP contribution in [-0.4, -0.2) is 58.2 Å². The average Bonchev–Trinajstić information content (AvgIpc) is 2.40. The van der Waals surface area contributed by atoms with Gasteiger partial charge in [-0.05, 0) is 32.0 Å². The van der Waals surface area contributed by atoms with Crippen LogP contribution in [-0.2, 0) is 0 Å². The molecule has 1 aliphatic rings. The first kappa shape index (κ1) is 16.2. The maximum absolute atomic E-state index is 13.4. The third-order valence-corrected chi connectivity index (χ3v) is 3.84. The number of aliphatic hydroxyl groups is 3. The topological polar surface area (TPSA) is 73.2 Å². The number of hydrogen-bond acceptors (Lipinski definition) is 5. The van der Waals surface area contributed by atoms with Crippen molar-refractivity contribution in [3.05, 3.63) is 29.6 Å². The van der Waals surface area contributed by atoms with Crippen LogP contribution in [0.5, 0.6) is 5.75 Å². The number of rotatable bonds is 5. The molecule has 0 radical (unpaired) electrons. The Balaban J connectivity index is 2.40. The molecule has 0 amide bonds. The van der Waals surface area contributed by atoms with Gasteiger partial charge in [0, 0.05) is 18.7 Å². The Bertz CT molecular complexity index is 489. The van der Waals surface area contributed by atoms with Gasteiger partial charge in [-0.15, -0.1) is 0 Å². The first-order chi connectivity index (χ1) is 9.90. The summed E-state index contributed by atoms with van der Waals surface area (Å²) in [6.07, 6.45) is -0.961. The van der Waals surface area contributed by atoms with E-state index in [1.807, 2.05) is 13.8 Å². The molecule has 6 heteroatoms. The quantitative estimate of drug-likeness (QED) is 0.746. The second-order valence-electron chi connectivity index (χ2n) is 5.76. The minimum absolute atomic E-state index is 0.102. The number of halogens is 1. The molecule has 1 aromatic rings. The lowest BCUT2D eigenvalue weighted by atomic mass is 9.84. The van der Waals surface area contributed by atoms with Gasteiger partial charge < -0.3 is 20.1 Å². The predicted molar refractivity (Wildman–Crippen MR) is 75.6 cm³/mol. The van der Waals surface area contributed by atoms with Crippen LogP contribution in [0.3, 0.4) is 0 Å². The van der Waals surface area contributed by atoms with Gasteiger partial charge >= 0.3 is 0 Å². The van der Waals surface area contributed by atoms with Crippen LogP contribution in [0.25, 0.3) is 0 Å². The number of fused-ring (bicyclic) bond motifs is 1. The van der Waals surface area contributed by atoms with Gasteiger partial charge in [-0.3, -0.25) is 4.90 Å². The Labute approximate surface area is 123 Å². The molecule has 0 saturated carbocycles. The number of nitrogens with zero attached hydrogens (tertiary/aromatic N) is 1. The highest BCUT2D eigenvalue weighted by Crippen LogP contribution is 2.42. The SMILES string of the molecule is CC1(C)Oc2ccc(F)cc2C(O)C1N(CCO)CCO. The number of aliphatic hydroxyl groups excluding tert-OH is 3. The Kier molecular flexibility index (Phi) is 4.83. The summed E-state index contributed by atoms with van der Waals surface area (Å²) in [5, 5.41) is 29.0. The molecule has 2 atom stereocenters. The molecule has 5 nitrogen and oxygen atoms in total. The summed E-state index contributed by atoms with van der Waals surface area (Å²) in [5.74, 6) is 0.0174. The summed E-state index contributed by atoms with van der Waals surface area (Å²) in [4.78, 5) is 1.76. The van der Waals surface area contributed by atoms with Crippen LogP contribution < -0.4 is 4.74 Å². The summed E-state index contributed by atoms with van der Waals surface area (Å²) in [5.41, 5.74) is -0.352. The van der Waals surface area contributed by atoms with Gasteiger partial charge in [0.25, 0.3) is 0 Å². The largest absolute Gasteiger partial charge is 0.486 e. The number of hydrogen-bond donors (Lipinski definition) is 3. The van der Waals surface area contributed by atoms with Gasteiger partial charge in [0.05, 0.1) is 19.3 Å². The van der Waals surface area contributed by atoms with Crippen LogP contribution in [0.1, 0.15) is 25.5 Å². The van der Waals surface area contributed by atoms with Gasteiger partial charge in [0.15, 0.2) is 0 Å². The third kappa shape index (κ3) is 3.18. The van der Waals surface area contributed by atoms with Gasteiger partial charge in [-0.25, -0.2) is 4.39 Å². The van der Waals surface area contributed by atoms with Crippen molar-refractivity contribution < 1.29 is 24.4 Å². The van der Waals surface area contributed by atoms with E-state index in [-0.39, 0.29) is 13.2 Å². The molecule has 0 aliphatic carbocycles. The second-order valence-corrected chi connectivity index (χ2v) is 5.76. The lowest BCUT2D eigenvalue weighted by molar-refractivity contribution is -0.0885. The summed E-state index contributed by atoms with van der Waals surface area (Å²) >= 11 is 0. The molecule has 0 bridgehead atoms. The minimum atomic E-state index is -0.961. The first-order valence-corrected chi connectivity index (χ1v) is 7.03. The van der Waals surface area contributed by atoms with Crippen LogP contribution >= 0.6 is 0 Å². The molecule has 118 valence electrons. The monoisotopic (exact) mass is 299 g/mol. The first-order valence-electron chi connectivity index (χ1n) is 7.03. The van der Waals surface area contributed by atoms with Crippen molar-refractivity contribution in [3.63, 3.8) is 0 Å². The lowest BCUT2D eigenvalue weighted by Crippen LogP contribution is -2.59. The van der Waals surface area contributed by atoms with E-state index in [2.05, 4.69) is 0 Å². The van der Waals surface area contributed by atoms with Crippen molar-refractivity contribution in [1.29, 1.82) is 0 Å². The molecule has 2 unspecified atom stereocenters. The summed E-state index contributed by atoms with van der Waals surface area (Å²) in [6.45, 7) is 4.04. The summed E-state index contributed by atoms with van der Waals surface area (Å²) < 4.78 is 19.3. The van der Waals surface area contributed by atoms with Crippen molar-refractivity contribution in [2.45, 2.75) is 31.6 Å². The Morgan fingerprint density at radius 3 is 2.43 bits per heavy atom. The zero-order valence-corrected chi connectivity index (χ0v) is 12.3. The highest BCUT2D eigenvalue weighted by Gasteiger charge is 2.46. The fraction of sp³-hybridized carbons (Fsp3) is 0.600. The minimum Gasteiger partial charge on any atom is -0.486 e. The standard InChI is InChI=1S/C15H22FNO4/c1-15(2)14(17(5-7-18)6-8-19)13(20)11-9-10(16)3-4-12(11)21-15/h3-4,9,13-14,18-20H,5-8H2,1-2H3. The Morgan fingerprint density at radius 2 is 1.86 bits per heavy atom. The van der Waals surface area contributed by atoms with E-state index in [4.69, 9.17) is 4.74 Å². The van der Waals surface area contributed by atoms with E-state index < -0.39 is 23.6 Å². The molecule has 3 N–H and O–H groups in total. The van der Waals surface area contributed by atoms with Crippen LogP contribution in [0.2, 0.25) is 0 Å². The molecule has 0 fully saturated rings. The fourth-order valence-corrected chi connectivity index (χ4v) is 3.02. The highest BCUT2D eigenvalue weighted by atomic mass is 19.1. The van der Waals surface area contributed by atoms with E-state index in [1.165, 1.54) is 18.2 Å². The molecule has 0 aromatic heterocycles. The van der Waals surface area contributed by atoms with Crippen molar-refractivity contribution in [3.8, 4) is 5.75 Å². The zero-order valence-electron chi connectivity index (χ0n) is 12.3. The highest BCUT2D eigenvalue weighted by molar-refractivity contribution is 5.40. The summed E-state index contributed by atoms with van der Waals surface area (Å²) in [6, 6.07) is 3.57. The van der Waals surface area contributed by atoms with E-state index in [0.717, 1.165) is 0 Å². The van der Waals surface area contributed by atoms with Crippen molar-refractivity contribution in [2.24, 2.45) is 0 Å². The van der Waals surface area contributed by atoms with E-state index in [0.29, 0.717) is 24.4 Å². The Hall–Kier alpha value is -1.21. The average molecular weight is 299 g/mol. The molecule has 1 heterocycles. The molecule has 0 saturated heterocycles. The molecular weight excluding hydrogens is 277 g/mol. The second kappa shape index (κ2) is 6.27. The van der Waals surface area contributed by atoms with Crippen molar-refractivity contribution in [1.82, 2.24) is 4.90 Å². The molecule has 1 aromatic carbocycles.